The molecule has 3 nitrogen and oxygen atoms in total. The minimum Gasteiger partial charge on any atom is -0.497 e. The van der Waals surface area contributed by atoms with Crippen molar-refractivity contribution in [3.8, 4) is 11.5 Å². The summed E-state index contributed by atoms with van der Waals surface area (Å²) in [6.07, 6.45) is 1.62. The van der Waals surface area contributed by atoms with Gasteiger partial charge < -0.3 is 14.4 Å². The maximum Gasteiger partial charge on any atom is 0.132 e. The number of hydrogen-bond donors (Lipinski definition) is 0. The van der Waals surface area contributed by atoms with Crippen LogP contribution in [0.3, 0.4) is 0 Å². The minimum atomic E-state index is -0.457. The summed E-state index contributed by atoms with van der Waals surface area (Å²) in [4.78, 5) is 2.12. The lowest BCUT2D eigenvalue weighted by Gasteiger charge is -2.25. The average molecular weight is 361 g/mol. The zero-order chi connectivity index (χ0) is 16.0. The summed E-state index contributed by atoms with van der Waals surface area (Å²) in [5.41, 5.74) is 1.75. The van der Waals surface area contributed by atoms with Crippen LogP contribution in [0, 0.1) is 0 Å². The molecule has 2 heterocycles. The number of methoxy groups -OCH3 is 1. The van der Waals surface area contributed by atoms with Gasteiger partial charge in [0.2, 0.25) is 0 Å². The second-order valence-electron chi connectivity index (χ2n) is 5.87. The Hall–Kier alpha value is -1.68. The molecule has 0 radical (unpaired) electrons. The highest BCUT2D eigenvalue weighted by Gasteiger charge is 2.45. The quantitative estimate of drug-likeness (QED) is 0.806. The predicted octanol–water partition coefficient (Wildman–Crippen LogP) is 4.04. The van der Waals surface area contributed by atoms with Gasteiger partial charge in [-0.25, -0.2) is 0 Å². The lowest BCUT2D eigenvalue weighted by molar-refractivity contribution is 0.120. The summed E-state index contributed by atoms with van der Waals surface area (Å²) in [6.45, 7) is 0.419. The summed E-state index contributed by atoms with van der Waals surface area (Å²) < 4.78 is 21.4. The van der Waals surface area contributed by atoms with E-state index in [4.69, 9.17) is 10.8 Å². The first-order valence-corrected chi connectivity index (χ1v) is 8.21. The normalized spacial score (nSPS) is 26.7. The molecule has 0 aromatic heterocycles. The highest BCUT2D eigenvalue weighted by molar-refractivity contribution is 9.10. The molecule has 1 spiro atoms. The molecule has 0 saturated carbocycles. The van der Waals surface area contributed by atoms with E-state index in [2.05, 4.69) is 33.0 Å². The van der Waals surface area contributed by atoms with Crippen LogP contribution in [0.2, 0.25) is 0 Å². The van der Waals surface area contributed by atoms with E-state index in [1.807, 2.05) is 30.3 Å². The lowest BCUT2D eigenvalue weighted by atomic mass is 9.96. The van der Waals surface area contributed by atoms with Crippen molar-refractivity contribution in [1.29, 1.82) is 0 Å². The second kappa shape index (κ2) is 5.20. The van der Waals surface area contributed by atoms with Crippen molar-refractivity contribution in [3.63, 3.8) is 0 Å². The first kappa shape index (κ1) is 12.8. The van der Waals surface area contributed by atoms with E-state index in [1.54, 1.807) is 7.11 Å². The van der Waals surface area contributed by atoms with Gasteiger partial charge in [-0.2, -0.15) is 0 Å². The molecule has 1 saturated heterocycles. The molecule has 1 fully saturated rings. The Kier molecular flexibility index (Phi) is 3.03. The van der Waals surface area contributed by atoms with Crippen molar-refractivity contribution < 1.29 is 10.8 Å². The molecule has 4 rings (SSSR count). The third-order valence-corrected chi connectivity index (χ3v) is 4.92. The van der Waals surface area contributed by atoms with Crippen molar-refractivity contribution in [1.82, 2.24) is 0 Å². The number of anilines is 1. The molecule has 114 valence electrons. The van der Waals surface area contributed by atoms with Crippen molar-refractivity contribution >= 4 is 21.6 Å². The Balaban J connectivity index is 1.60. The van der Waals surface area contributed by atoms with Gasteiger partial charge in [-0.05, 0) is 42.5 Å². The van der Waals surface area contributed by atoms with Gasteiger partial charge in [-0.3, -0.25) is 0 Å². The van der Waals surface area contributed by atoms with E-state index in [1.165, 1.54) is 0 Å². The molecule has 2 unspecified atom stereocenters. The zero-order valence-electron chi connectivity index (χ0n) is 13.4. The molecule has 2 atom stereocenters. The Bertz CT molecular complexity index is 736. The maximum atomic E-state index is 8.76. The number of ether oxygens (including phenoxy) is 2. The summed E-state index contributed by atoms with van der Waals surface area (Å²) in [7, 11) is 1.67. The molecule has 0 amide bonds. The van der Waals surface area contributed by atoms with E-state index < -0.39 is 12.1 Å². The molecule has 0 N–H and O–H groups in total. The molecule has 4 heteroatoms. The van der Waals surface area contributed by atoms with Crippen LogP contribution in [0.25, 0.3) is 0 Å². The van der Waals surface area contributed by atoms with Crippen LogP contribution in [-0.4, -0.2) is 25.8 Å². The first-order valence-electron chi connectivity index (χ1n) is 7.99. The number of fused-ring (bicyclic) bond motifs is 1. The van der Waals surface area contributed by atoms with E-state index in [0.29, 0.717) is 0 Å². The van der Waals surface area contributed by atoms with Gasteiger partial charge in [0, 0.05) is 35.1 Å². The van der Waals surface area contributed by atoms with Crippen LogP contribution in [0.4, 0.5) is 5.69 Å². The molecule has 2 aromatic carbocycles. The predicted molar refractivity (Wildman–Crippen MR) is 91.0 cm³/mol. The van der Waals surface area contributed by atoms with Gasteiger partial charge in [-0.1, -0.05) is 15.9 Å². The largest absolute Gasteiger partial charge is 0.497 e. The van der Waals surface area contributed by atoms with E-state index >= 15 is 0 Å². The van der Waals surface area contributed by atoms with Crippen molar-refractivity contribution in [2.75, 3.05) is 25.1 Å². The molecule has 2 aliphatic rings. The van der Waals surface area contributed by atoms with Gasteiger partial charge in [0.25, 0.3) is 0 Å². The maximum absolute atomic E-state index is 8.76. The molecular weight excluding hydrogens is 342 g/mol. The summed E-state index contributed by atoms with van der Waals surface area (Å²) in [5.74, 6) is 1.73. The van der Waals surface area contributed by atoms with Gasteiger partial charge in [0.05, 0.1) is 15.0 Å². The van der Waals surface area contributed by atoms with E-state index in [9.17, 15) is 0 Å². The lowest BCUT2D eigenvalue weighted by Crippen LogP contribution is -2.37. The van der Waals surface area contributed by atoms with Gasteiger partial charge in [0.1, 0.15) is 17.1 Å². The zero-order valence-corrected chi connectivity index (χ0v) is 14.0. The van der Waals surface area contributed by atoms with Crippen molar-refractivity contribution in [2.24, 2.45) is 0 Å². The highest BCUT2D eigenvalue weighted by Crippen LogP contribution is 2.42. The number of hydrogen-bond acceptors (Lipinski definition) is 3. The Morgan fingerprint density at radius 3 is 2.86 bits per heavy atom. The van der Waals surface area contributed by atoms with Crippen LogP contribution in [0.5, 0.6) is 11.5 Å². The Labute approximate surface area is 140 Å². The second-order valence-corrected chi connectivity index (χ2v) is 6.78. The molecule has 2 aromatic rings. The van der Waals surface area contributed by atoms with E-state index in [-0.39, 0.29) is 0 Å². The van der Waals surface area contributed by atoms with Gasteiger partial charge in [0.15, 0.2) is 0 Å². The standard InChI is InChI=1S/C18H18BrNO2/c1-21-16-6-7-17-13(10-16)11-18(22-17)8-9-20(12-18)15-4-2-14(19)3-5-15/h2-7,10H,8-9,11-12H2,1H3/i12D. The van der Waals surface area contributed by atoms with Crippen molar-refractivity contribution in [3.05, 3.63) is 52.5 Å². The van der Waals surface area contributed by atoms with Crippen LogP contribution in [-0.2, 0) is 6.42 Å². The van der Waals surface area contributed by atoms with Crippen LogP contribution < -0.4 is 14.4 Å². The topological polar surface area (TPSA) is 21.7 Å². The number of rotatable bonds is 2. The van der Waals surface area contributed by atoms with E-state index in [0.717, 1.165) is 46.6 Å². The molecule has 0 bridgehead atoms. The smallest absolute Gasteiger partial charge is 0.132 e. The third kappa shape index (κ3) is 2.35. The first-order chi connectivity index (χ1) is 11.1. The highest BCUT2D eigenvalue weighted by atomic mass is 79.9. The number of nitrogens with zero attached hydrogens (tertiary/aromatic N) is 1. The summed E-state index contributed by atoms with van der Waals surface area (Å²) in [5, 5.41) is 0. The molecular formula is C18H18BrNO2. The van der Waals surface area contributed by atoms with Crippen LogP contribution in [0.1, 0.15) is 13.4 Å². The summed E-state index contributed by atoms with van der Waals surface area (Å²) in [6, 6.07) is 14.0. The molecule has 0 aliphatic carbocycles. The fraction of sp³-hybridized carbons (Fsp3) is 0.333. The number of benzene rings is 2. The fourth-order valence-corrected chi connectivity index (χ4v) is 3.53. The van der Waals surface area contributed by atoms with Gasteiger partial charge >= 0.3 is 0 Å². The van der Waals surface area contributed by atoms with Gasteiger partial charge in [-0.15, -0.1) is 0 Å². The van der Waals surface area contributed by atoms with Crippen LogP contribution >= 0.6 is 15.9 Å². The SMILES string of the molecule is [2H]C1N(c2ccc(Br)cc2)CCC12Cc1cc(OC)ccc1O2. The monoisotopic (exact) mass is 360 g/mol. The molecule has 2 aliphatic heterocycles. The minimum absolute atomic E-state index is 0.415. The van der Waals surface area contributed by atoms with Crippen LogP contribution in [0.15, 0.2) is 46.9 Å². The third-order valence-electron chi connectivity index (χ3n) is 4.40. The molecule has 22 heavy (non-hydrogen) atoms. The average Bonchev–Trinajstić information content (AvgIpc) is 3.09. The fourth-order valence-electron chi connectivity index (χ4n) is 3.27. The Morgan fingerprint density at radius 2 is 2.09 bits per heavy atom. The Morgan fingerprint density at radius 1 is 1.27 bits per heavy atom. The summed E-state index contributed by atoms with van der Waals surface area (Å²) >= 11 is 3.46. The van der Waals surface area contributed by atoms with Crippen molar-refractivity contribution in [2.45, 2.75) is 18.4 Å². The number of halogens is 1.